The van der Waals surface area contributed by atoms with E-state index < -0.39 is 29.3 Å². The molecule has 3 heterocycles. The zero-order valence-corrected chi connectivity index (χ0v) is 19.5. The Bertz CT molecular complexity index is 1030. The summed E-state index contributed by atoms with van der Waals surface area (Å²) in [7, 11) is 0. The summed E-state index contributed by atoms with van der Waals surface area (Å²) in [5.74, 6) is -1.45. The molecule has 0 unspecified atom stereocenters. The van der Waals surface area contributed by atoms with Crippen LogP contribution in [-0.2, 0) is 22.4 Å². The van der Waals surface area contributed by atoms with Crippen LogP contribution in [0.2, 0.25) is 5.02 Å². The van der Waals surface area contributed by atoms with Gasteiger partial charge in [-0.2, -0.15) is 0 Å². The van der Waals surface area contributed by atoms with E-state index in [0.717, 1.165) is 69.0 Å². The molecule has 4 rings (SSSR count). The number of halogens is 2. The zero-order valence-electron chi connectivity index (χ0n) is 18.7. The molecule has 0 spiro atoms. The molecule has 1 aliphatic heterocycles. The van der Waals surface area contributed by atoms with E-state index in [1.54, 1.807) is 0 Å². The minimum atomic E-state index is -1.22. The van der Waals surface area contributed by atoms with Gasteiger partial charge >= 0.3 is 5.97 Å². The first-order chi connectivity index (χ1) is 16.4. The van der Waals surface area contributed by atoms with E-state index in [0.29, 0.717) is 5.92 Å². The summed E-state index contributed by atoms with van der Waals surface area (Å²) in [4.78, 5) is 32.1. The van der Waals surface area contributed by atoms with E-state index in [1.807, 2.05) is 0 Å². The Labute approximate surface area is 202 Å². The number of fused-ring (bicyclic) bond motifs is 1. The number of aromatic nitrogens is 2. The summed E-state index contributed by atoms with van der Waals surface area (Å²) in [6.45, 7) is 1.16. The third-order valence-electron chi connectivity index (χ3n) is 6.40. The molecule has 8 nitrogen and oxygen atoms in total. The van der Waals surface area contributed by atoms with Gasteiger partial charge in [0.2, 0.25) is 0 Å². The van der Waals surface area contributed by atoms with Gasteiger partial charge in [0.1, 0.15) is 11.9 Å². The number of aliphatic carboxylic acids is 1. The Morgan fingerprint density at radius 3 is 2.91 bits per heavy atom. The van der Waals surface area contributed by atoms with Gasteiger partial charge < -0.3 is 20.5 Å². The van der Waals surface area contributed by atoms with E-state index in [2.05, 4.69) is 27.8 Å². The molecule has 1 saturated carbocycles. The normalized spacial score (nSPS) is 19.9. The summed E-state index contributed by atoms with van der Waals surface area (Å²) in [5.41, 5.74) is 1.97. The van der Waals surface area contributed by atoms with Crippen LogP contribution < -0.4 is 10.6 Å². The van der Waals surface area contributed by atoms with Crippen LogP contribution in [0.5, 0.6) is 0 Å². The summed E-state index contributed by atoms with van der Waals surface area (Å²) in [5, 5.41) is 14.9. The number of nitrogens with one attached hydrogen (secondary N) is 2. The van der Waals surface area contributed by atoms with E-state index in [9.17, 15) is 19.1 Å². The number of amides is 1. The minimum Gasteiger partial charge on any atom is -0.480 e. The van der Waals surface area contributed by atoms with Gasteiger partial charge in [-0.05, 0) is 56.1 Å². The summed E-state index contributed by atoms with van der Waals surface area (Å²) in [6, 6.07) is 3.07. The van der Waals surface area contributed by atoms with E-state index in [-0.39, 0.29) is 24.2 Å². The Morgan fingerprint density at radius 2 is 2.15 bits per heavy atom. The van der Waals surface area contributed by atoms with Crippen LogP contribution in [0, 0.1) is 11.7 Å². The molecule has 2 aliphatic rings. The average Bonchev–Trinajstić information content (AvgIpc) is 2.78. The standard InChI is InChI=1S/C24H28ClFN4O4/c25-18-12-27-13-19(26)21(18)23(31)30-20(24(32)33)7-9-34-17-10-14(11-17)3-5-16-6-4-15-2-1-8-28-22(15)29-16/h4,6,12-14,17,20H,1-3,5,7-11H2,(H,28,29)(H,30,31)(H,32,33)/t14?,17?,20-/m1/s1. The van der Waals surface area contributed by atoms with Crippen molar-refractivity contribution in [3.63, 3.8) is 0 Å². The fraction of sp³-hybridized carbons (Fsp3) is 0.500. The Kier molecular flexibility index (Phi) is 7.95. The number of ether oxygens (including phenoxy) is 1. The van der Waals surface area contributed by atoms with Gasteiger partial charge in [0, 0.05) is 31.5 Å². The first kappa shape index (κ1) is 24.3. The quantitative estimate of drug-likeness (QED) is 0.466. The smallest absolute Gasteiger partial charge is 0.326 e. The summed E-state index contributed by atoms with van der Waals surface area (Å²) >= 11 is 5.83. The maximum atomic E-state index is 13.9. The molecule has 3 N–H and O–H groups in total. The third kappa shape index (κ3) is 6.01. The van der Waals surface area contributed by atoms with Gasteiger partial charge in [0.15, 0.2) is 5.82 Å². The second-order valence-corrected chi connectivity index (χ2v) is 9.25. The number of anilines is 1. The van der Waals surface area contributed by atoms with Gasteiger partial charge in [0.05, 0.1) is 22.9 Å². The number of aryl methyl sites for hydroxylation is 2. The lowest BCUT2D eigenvalue weighted by molar-refractivity contribution is -0.140. The second-order valence-electron chi connectivity index (χ2n) is 8.84. The number of hydrogen-bond donors (Lipinski definition) is 3. The molecule has 0 saturated heterocycles. The molecule has 0 radical (unpaired) electrons. The molecule has 2 aromatic heterocycles. The van der Waals surface area contributed by atoms with E-state index >= 15 is 0 Å². The van der Waals surface area contributed by atoms with Crippen LogP contribution in [0.25, 0.3) is 0 Å². The van der Waals surface area contributed by atoms with Crippen molar-refractivity contribution in [2.24, 2.45) is 5.92 Å². The summed E-state index contributed by atoms with van der Waals surface area (Å²) < 4.78 is 19.7. The van der Waals surface area contributed by atoms with Gasteiger partial charge in [-0.25, -0.2) is 14.2 Å². The number of carbonyl (C=O) groups is 2. The number of rotatable bonds is 10. The predicted molar refractivity (Wildman–Crippen MR) is 125 cm³/mol. The fourth-order valence-corrected chi connectivity index (χ4v) is 4.61. The lowest BCUT2D eigenvalue weighted by Crippen LogP contribution is -2.42. The molecule has 1 fully saturated rings. The van der Waals surface area contributed by atoms with Crippen molar-refractivity contribution < 1.29 is 23.8 Å². The molecule has 1 aliphatic carbocycles. The number of nitrogens with zero attached hydrogens (tertiary/aromatic N) is 2. The van der Waals surface area contributed by atoms with Crippen LogP contribution in [0.15, 0.2) is 24.5 Å². The number of pyridine rings is 2. The highest BCUT2D eigenvalue weighted by Gasteiger charge is 2.30. The molecule has 0 bridgehead atoms. The van der Waals surface area contributed by atoms with Crippen molar-refractivity contribution >= 4 is 29.3 Å². The lowest BCUT2D eigenvalue weighted by atomic mass is 9.79. The van der Waals surface area contributed by atoms with Crippen molar-refractivity contribution in [3.05, 3.63) is 52.2 Å². The maximum Gasteiger partial charge on any atom is 0.326 e. The van der Waals surface area contributed by atoms with Crippen LogP contribution in [-0.4, -0.2) is 52.2 Å². The van der Waals surface area contributed by atoms with Crippen LogP contribution in [0.3, 0.4) is 0 Å². The van der Waals surface area contributed by atoms with Crippen LogP contribution >= 0.6 is 11.6 Å². The molecule has 34 heavy (non-hydrogen) atoms. The molecule has 182 valence electrons. The number of carbonyl (C=O) groups excluding carboxylic acids is 1. The third-order valence-corrected chi connectivity index (χ3v) is 6.68. The highest BCUT2D eigenvalue weighted by Crippen LogP contribution is 2.34. The zero-order chi connectivity index (χ0) is 24.1. The molecule has 0 aromatic carbocycles. The van der Waals surface area contributed by atoms with Crippen molar-refractivity contribution in [2.45, 2.75) is 57.1 Å². The first-order valence-corrected chi connectivity index (χ1v) is 12.0. The number of carboxylic acids is 1. The molecule has 1 atom stereocenters. The van der Waals surface area contributed by atoms with E-state index in [1.165, 1.54) is 5.56 Å². The highest BCUT2D eigenvalue weighted by molar-refractivity contribution is 6.33. The van der Waals surface area contributed by atoms with Gasteiger partial charge in [-0.1, -0.05) is 17.7 Å². The topological polar surface area (TPSA) is 113 Å². The molecular formula is C24H28ClFN4O4. The molecular weight excluding hydrogens is 463 g/mol. The number of carboxylic acid groups (broad SMARTS) is 1. The highest BCUT2D eigenvalue weighted by atomic mass is 35.5. The van der Waals surface area contributed by atoms with Crippen molar-refractivity contribution in [2.75, 3.05) is 18.5 Å². The molecule has 2 aromatic rings. The Morgan fingerprint density at radius 1 is 1.32 bits per heavy atom. The average molecular weight is 491 g/mol. The number of hydrogen-bond acceptors (Lipinski definition) is 6. The second kappa shape index (κ2) is 11.1. The Balaban J connectivity index is 1.17. The van der Waals surface area contributed by atoms with Crippen molar-refractivity contribution in [1.29, 1.82) is 0 Å². The molecule has 10 heteroatoms. The predicted octanol–water partition coefficient (Wildman–Crippen LogP) is 3.63. The maximum absolute atomic E-state index is 13.9. The Hall–Kier alpha value is -2.78. The fourth-order valence-electron chi connectivity index (χ4n) is 4.37. The largest absolute Gasteiger partial charge is 0.480 e. The molecule has 1 amide bonds. The van der Waals surface area contributed by atoms with Crippen LogP contribution in [0.4, 0.5) is 10.2 Å². The SMILES string of the molecule is O=C(N[C@H](CCOC1CC(CCc2ccc3c(n2)NCCC3)C1)C(=O)O)c1c(F)cncc1Cl. The monoisotopic (exact) mass is 490 g/mol. The van der Waals surface area contributed by atoms with E-state index in [4.69, 9.17) is 21.3 Å². The van der Waals surface area contributed by atoms with Crippen LogP contribution in [0.1, 0.15) is 53.7 Å². The first-order valence-electron chi connectivity index (χ1n) is 11.6. The van der Waals surface area contributed by atoms with Gasteiger partial charge in [-0.15, -0.1) is 0 Å². The summed E-state index contributed by atoms with van der Waals surface area (Å²) in [6.07, 6.45) is 8.17. The minimum absolute atomic E-state index is 0.0681. The van der Waals surface area contributed by atoms with Crippen molar-refractivity contribution in [1.82, 2.24) is 15.3 Å². The lowest BCUT2D eigenvalue weighted by Gasteiger charge is -2.35. The van der Waals surface area contributed by atoms with Crippen molar-refractivity contribution in [3.8, 4) is 0 Å². The van der Waals surface area contributed by atoms with Gasteiger partial charge in [0.25, 0.3) is 5.91 Å². The van der Waals surface area contributed by atoms with Gasteiger partial charge in [-0.3, -0.25) is 9.78 Å².